The molecule has 0 unspecified atom stereocenters. The van der Waals surface area contributed by atoms with Gasteiger partial charge in [-0.15, -0.1) is 0 Å². The van der Waals surface area contributed by atoms with Crippen LogP contribution in [0, 0.1) is 11.3 Å². The van der Waals surface area contributed by atoms with E-state index in [4.69, 9.17) is 14.7 Å². The Bertz CT molecular complexity index is 708. The molecule has 1 fully saturated rings. The second kappa shape index (κ2) is 6.66. The van der Waals surface area contributed by atoms with Crippen LogP contribution in [0.5, 0.6) is 11.5 Å². The second-order valence-electron chi connectivity index (χ2n) is 4.93. The molecule has 2 rings (SSSR count). The lowest BCUT2D eigenvalue weighted by Crippen LogP contribution is -2.38. The first-order chi connectivity index (χ1) is 10.4. The van der Waals surface area contributed by atoms with Gasteiger partial charge in [0.15, 0.2) is 27.9 Å². The molecule has 1 N–H and O–H groups in total. The number of sulfone groups is 1. The first-order valence-electron chi connectivity index (χ1n) is 6.64. The van der Waals surface area contributed by atoms with Gasteiger partial charge < -0.3 is 14.8 Å². The highest BCUT2D eigenvalue weighted by atomic mass is 32.2. The van der Waals surface area contributed by atoms with E-state index in [-0.39, 0.29) is 24.2 Å². The number of hydrogen-bond donors (Lipinski definition) is 1. The third kappa shape index (κ3) is 4.11. The van der Waals surface area contributed by atoms with E-state index in [1.807, 2.05) is 6.07 Å². The predicted molar refractivity (Wildman–Crippen MR) is 78.4 cm³/mol. The van der Waals surface area contributed by atoms with Gasteiger partial charge in [0.05, 0.1) is 30.2 Å². The van der Waals surface area contributed by atoms with E-state index in [0.717, 1.165) is 0 Å². The topological polar surface area (TPSA) is 105 Å². The van der Waals surface area contributed by atoms with Gasteiger partial charge in [-0.25, -0.2) is 8.42 Å². The van der Waals surface area contributed by atoms with Gasteiger partial charge >= 0.3 is 0 Å². The number of nitrogens with zero attached hydrogens (tertiary/aromatic N) is 1. The normalized spacial score (nSPS) is 19.2. The fraction of sp³-hybridized carbons (Fsp3) is 0.429. The Hall–Kier alpha value is -2.27. The summed E-state index contributed by atoms with van der Waals surface area (Å²) in [5.74, 6) is 0.376. The summed E-state index contributed by atoms with van der Waals surface area (Å²) in [5, 5.41) is 11.4. The van der Waals surface area contributed by atoms with Crippen LogP contribution in [-0.4, -0.2) is 45.6 Å². The van der Waals surface area contributed by atoms with Crippen molar-refractivity contribution >= 4 is 15.7 Å². The molecule has 1 atom stereocenters. The van der Waals surface area contributed by atoms with Gasteiger partial charge in [-0.2, -0.15) is 5.26 Å². The molecule has 0 aliphatic carbocycles. The lowest BCUT2D eigenvalue weighted by Gasteiger charge is -2.13. The van der Waals surface area contributed by atoms with Crippen LogP contribution in [0.25, 0.3) is 0 Å². The van der Waals surface area contributed by atoms with Gasteiger partial charge in [0, 0.05) is 12.1 Å². The molecular weight excluding hydrogens is 308 g/mol. The summed E-state index contributed by atoms with van der Waals surface area (Å²) in [6.07, 6.45) is 0.425. The molecule has 1 amide bonds. The third-order valence-corrected chi connectivity index (χ3v) is 5.02. The Morgan fingerprint density at radius 1 is 1.45 bits per heavy atom. The quantitative estimate of drug-likeness (QED) is 0.832. The smallest absolute Gasteiger partial charge is 0.258 e. The molecule has 0 radical (unpaired) electrons. The summed E-state index contributed by atoms with van der Waals surface area (Å²) in [6, 6.07) is 6.23. The zero-order valence-corrected chi connectivity index (χ0v) is 12.9. The minimum Gasteiger partial charge on any atom is -0.493 e. The van der Waals surface area contributed by atoms with Gasteiger partial charge in [0.25, 0.3) is 5.91 Å². The maximum absolute atomic E-state index is 11.8. The summed E-state index contributed by atoms with van der Waals surface area (Å²) in [4.78, 5) is 11.8. The number of carbonyl (C=O) groups excluding carboxylic acids is 1. The van der Waals surface area contributed by atoms with Gasteiger partial charge in [-0.1, -0.05) is 0 Å². The molecule has 0 saturated carbocycles. The van der Waals surface area contributed by atoms with Crippen molar-refractivity contribution in [2.75, 3.05) is 25.2 Å². The van der Waals surface area contributed by atoms with Crippen molar-refractivity contribution in [1.82, 2.24) is 5.32 Å². The number of benzene rings is 1. The number of methoxy groups -OCH3 is 1. The average molecular weight is 324 g/mol. The largest absolute Gasteiger partial charge is 0.493 e. The van der Waals surface area contributed by atoms with E-state index in [0.29, 0.717) is 23.5 Å². The monoisotopic (exact) mass is 324 g/mol. The second-order valence-corrected chi connectivity index (χ2v) is 7.16. The average Bonchev–Trinajstić information content (AvgIpc) is 2.83. The van der Waals surface area contributed by atoms with Crippen molar-refractivity contribution in [1.29, 1.82) is 5.26 Å². The maximum Gasteiger partial charge on any atom is 0.258 e. The van der Waals surface area contributed by atoms with Crippen LogP contribution in [0.15, 0.2) is 18.2 Å². The van der Waals surface area contributed by atoms with E-state index < -0.39 is 15.7 Å². The Kier molecular flexibility index (Phi) is 4.88. The van der Waals surface area contributed by atoms with E-state index in [9.17, 15) is 13.2 Å². The number of hydrogen-bond acceptors (Lipinski definition) is 6. The highest BCUT2D eigenvalue weighted by Crippen LogP contribution is 2.27. The molecule has 0 aromatic heterocycles. The Balaban J connectivity index is 1.90. The molecule has 118 valence electrons. The van der Waals surface area contributed by atoms with Crippen LogP contribution in [0.3, 0.4) is 0 Å². The highest BCUT2D eigenvalue weighted by molar-refractivity contribution is 7.91. The van der Waals surface area contributed by atoms with Crippen molar-refractivity contribution in [3.8, 4) is 17.6 Å². The molecule has 1 saturated heterocycles. The number of ether oxygens (including phenoxy) is 2. The zero-order valence-electron chi connectivity index (χ0n) is 12.0. The first-order valence-corrected chi connectivity index (χ1v) is 8.46. The standard InChI is InChI=1S/C14H16N2O5S/c1-20-13-6-10(7-15)2-3-12(13)21-8-14(17)16-11-4-5-22(18,19)9-11/h2-3,6,11H,4-5,8-9H2,1H3,(H,16,17)/t11-/m0/s1. The summed E-state index contributed by atoms with van der Waals surface area (Å²) in [6.45, 7) is -0.251. The Labute approximate surface area is 128 Å². The lowest BCUT2D eigenvalue weighted by atomic mass is 10.2. The number of rotatable bonds is 5. The minimum atomic E-state index is -3.03. The molecule has 8 heteroatoms. The van der Waals surface area contributed by atoms with Crippen LogP contribution in [0.1, 0.15) is 12.0 Å². The maximum atomic E-state index is 11.8. The van der Waals surface area contributed by atoms with E-state index in [2.05, 4.69) is 5.32 Å². The van der Waals surface area contributed by atoms with Gasteiger partial charge in [-0.05, 0) is 18.6 Å². The molecule has 7 nitrogen and oxygen atoms in total. The number of nitriles is 1. The molecule has 1 aliphatic heterocycles. The zero-order chi connectivity index (χ0) is 16.2. The van der Waals surface area contributed by atoms with Crippen LogP contribution < -0.4 is 14.8 Å². The Morgan fingerprint density at radius 3 is 2.82 bits per heavy atom. The van der Waals surface area contributed by atoms with Crippen LogP contribution in [0.4, 0.5) is 0 Å². The molecule has 22 heavy (non-hydrogen) atoms. The molecule has 1 aromatic rings. The van der Waals surface area contributed by atoms with E-state index >= 15 is 0 Å². The summed E-state index contributed by atoms with van der Waals surface area (Å²) < 4.78 is 33.1. The van der Waals surface area contributed by atoms with Crippen LogP contribution in [-0.2, 0) is 14.6 Å². The molecule has 0 bridgehead atoms. The van der Waals surface area contributed by atoms with E-state index in [1.165, 1.54) is 13.2 Å². The van der Waals surface area contributed by atoms with Crippen LogP contribution in [0.2, 0.25) is 0 Å². The highest BCUT2D eigenvalue weighted by Gasteiger charge is 2.28. The number of nitrogens with one attached hydrogen (secondary N) is 1. The molecule has 1 aliphatic rings. The first kappa shape index (κ1) is 16.1. The van der Waals surface area contributed by atoms with Gasteiger partial charge in [0.1, 0.15) is 0 Å². The van der Waals surface area contributed by atoms with Crippen molar-refractivity contribution in [2.45, 2.75) is 12.5 Å². The van der Waals surface area contributed by atoms with Crippen molar-refractivity contribution in [2.24, 2.45) is 0 Å². The third-order valence-electron chi connectivity index (χ3n) is 3.25. The predicted octanol–water partition coefficient (Wildman–Crippen LogP) is 0.249. The Morgan fingerprint density at radius 2 is 2.23 bits per heavy atom. The number of amides is 1. The minimum absolute atomic E-state index is 0.0288. The SMILES string of the molecule is COc1cc(C#N)ccc1OCC(=O)N[C@H]1CCS(=O)(=O)C1. The van der Waals surface area contributed by atoms with Gasteiger partial charge in [0.2, 0.25) is 0 Å². The van der Waals surface area contributed by atoms with Crippen molar-refractivity contribution < 1.29 is 22.7 Å². The van der Waals surface area contributed by atoms with Gasteiger partial charge in [-0.3, -0.25) is 4.79 Å². The van der Waals surface area contributed by atoms with E-state index in [1.54, 1.807) is 12.1 Å². The molecule has 1 heterocycles. The number of carbonyl (C=O) groups is 1. The fourth-order valence-corrected chi connectivity index (χ4v) is 3.85. The van der Waals surface area contributed by atoms with Crippen LogP contribution >= 0.6 is 0 Å². The molecule has 0 spiro atoms. The molecular formula is C14H16N2O5S. The lowest BCUT2D eigenvalue weighted by molar-refractivity contribution is -0.123. The molecule has 1 aromatic carbocycles. The summed E-state index contributed by atoms with van der Waals surface area (Å²) in [7, 11) is -1.60. The van der Waals surface area contributed by atoms with Crippen molar-refractivity contribution in [3.63, 3.8) is 0 Å². The fourth-order valence-electron chi connectivity index (χ4n) is 2.18. The summed E-state index contributed by atoms with van der Waals surface area (Å²) in [5.41, 5.74) is 0.421. The summed E-state index contributed by atoms with van der Waals surface area (Å²) >= 11 is 0. The van der Waals surface area contributed by atoms with Crippen molar-refractivity contribution in [3.05, 3.63) is 23.8 Å².